The minimum atomic E-state index is -3.54. The topological polar surface area (TPSA) is 136 Å². The normalized spacial score (nSPS) is 16.2. The second-order valence-corrected chi connectivity index (χ2v) is 10.2. The maximum absolute atomic E-state index is 13.0. The van der Waals surface area contributed by atoms with Gasteiger partial charge in [0.05, 0.1) is 37.5 Å². The summed E-state index contributed by atoms with van der Waals surface area (Å²) in [7, 11) is -1.95. The predicted molar refractivity (Wildman–Crippen MR) is 131 cm³/mol. The molecule has 1 saturated heterocycles. The molecule has 3 heterocycles. The Bertz CT molecular complexity index is 1330. The van der Waals surface area contributed by atoms with E-state index in [0.717, 1.165) is 24.2 Å². The quantitative estimate of drug-likeness (QED) is 0.497. The van der Waals surface area contributed by atoms with Crippen LogP contribution < -0.4 is 20.7 Å². The van der Waals surface area contributed by atoms with Gasteiger partial charge in [0, 0.05) is 25.3 Å². The number of nitrogens with zero attached hydrogens (tertiary/aromatic N) is 5. The highest BCUT2D eigenvalue weighted by Gasteiger charge is 2.29. The fourth-order valence-electron chi connectivity index (χ4n) is 4.31. The van der Waals surface area contributed by atoms with E-state index in [-0.39, 0.29) is 5.95 Å². The fourth-order valence-corrected chi connectivity index (χ4v) is 5.77. The number of nitrogens with two attached hydrogens (primary N) is 1. The fraction of sp³-hybridized carbons (Fsp3) is 0.348. The Balaban J connectivity index is 1.34. The zero-order valence-corrected chi connectivity index (χ0v) is 20.2. The van der Waals surface area contributed by atoms with Gasteiger partial charge in [-0.05, 0) is 42.3 Å². The number of ether oxygens (including phenoxy) is 2. The molecule has 3 aromatic rings. The summed E-state index contributed by atoms with van der Waals surface area (Å²) in [4.78, 5) is 15.5. The maximum atomic E-state index is 13.0. The molecule has 0 aliphatic carbocycles. The molecule has 11 nitrogen and oxygen atoms in total. The number of anilines is 4. The molecule has 1 aromatic heterocycles. The second kappa shape index (κ2) is 9.64. The molecule has 5 rings (SSSR count). The maximum Gasteiger partial charge on any atom is 0.243 e. The van der Waals surface area contributed by atoms with E-state index in [0.29, 0.717) is 61.0 Å². The minimum absolute atomic E-state index is 0.110. The highest BCUT2D eigenvalue weighted by molar-refractivity contribution is 7.89. The molecular weight excluding hydrogens is 470 g/mol. The lowest BCUT2D eigenvalue weighted by Gasteiger charge is -2.26. The first-order valence-corrected chi connectivity index (χ1v) is 12.7. The van der Waals surface area contributed by atoms with Crippen LogP contribution in [0.5, 0.6) is 5.75 Å². The van der Waals surface area contributed by atoms with Crippen LogP contribution in [0.2, 0.25) is 0 Å². The van der Waals surface area contributed by atoms with Crippen molar-refractivity contribution in [3.8, 4) is 5.75 Å². The Morgan fingerprint density at radius 3 is 2.69 bits per heavy atom. The second-order valence-electron chi connectivity index (χ2n) is 8.24. The Kier molecular flexibility index (Phi) is 6.41. The van der Waals surface area contributed by atoms with Crippen molar-refractivity contribution in [3.63, 3.8) is 0 Å². The van der Waals surface area contributed by atoms with Gasteiger partial charge in [-0.3, -0.25) is 0 Å². The van der Waals surface area contributed by atoms with Gasteiger partial charge in [-0.2, -0.15) is 19.3 Å². The third-order valence-corrected chi connectivity index (χ3v) is 7.93. The van der Waals surface area contributed by atoms with Gasteiger partial charge in [0.15, 0.2) is 5.82 Å². The van der Waals surface area contributed by atoms with E-state index in [2.05, 4.69) is 25.2 Å². The van der Waals surface area contributed by atoms with Crippen LogP contribution in [0.25, 0.3) is 0 Å². The number of methoxy groups -OCH3 is 1. The molecule has 0 unspecified atom stereocenters. The van der Waals surface area contributed by atoms with Gasteiger partial charge in [-0.25, -0.2) is 8.42 Å². The zero-order chi connectivity index (χ0) is 24.4. The van der Waals surface area contributed by atoms with E-state index in [1.54, 1.807) is 19.2 Å². The van der Waals surface area contributed by atoms with Crippen molar-refractivity contribution in [2.75, 3.05) is 55.9 Å². The van der Waals surface area contributed by atoms with E-state index in [4.69, 9.17) is 15.2 Å². The van der Waals surface area contributed by atoms with E-state index in [1.807, 2.05) is 30.3 Å². The van der Waals surface area contributed by atoms with Crippen LogP contribution >= 0.6 is 0 Å². The molecule has 184 valence electrons. The molecule has 2 aromatic carbocycles. The molecule has 0 saturated carbocycles. The van der Waals surface area contributed by atoms with Gasteiger partial charge in [-0.15, -0.1) is 0 Å². The summed E-state index contributed by atoms with van der Waals surface area (Å²) >= 11 is 0. The molecule has 12 heteroatoms. The van der Waals surface area contributed by atoms with E-state index in [1.165, 1.54) is 4.31 Å². The summed E-state index contributed by atoms with van der Waals surface area (Å²) in [6.45, 7) is 2.71. The van der Waals surface area contributed by atoms with Crippen molar-refractivity contribution in [3.05, 3.63) is 53.9 Å². The molecule has 2 aliphatic rings. The van der Waals surface area contributed by atoms with Crippen LogP contribution in [0.3, 0.4) is 0 Å². The number of morpholine rings is 1. The first kappa shape index (κ1) is 23.3. The van der Waals surface area contributed by atoms with Gasteiger partial charge in [0.2, 0.25) is 21.9 Å². The number of aromatic nitrogens is 3. The molecule has 2 aliphatic heterocycles. The van der Waals surface area contributed by atoms with Crippen LogP contribution in [0.1, 0.15) is 11.4 Å². The molecule has 0 bridgehead atoms. The SMILES string of the molecule is COc1ccccc1Nc1nc(N)nc(CN2CCc3cc(S(=O)(=O)N4CCOCC4)ccc32)n1. The van der Waals surface area contributed by atoms with Crippen molar-refractivity contribution >= 4 is 33.3 Å². The molecule has 3 N–H and O–H groups in total. The lowest BCUT2D eigenvalue weighted by atomic mass is 10.2. The number of benzene rings is 2. The summed E-state index contributed by atoms with van der Waals surface area (Å²) in [5, 5.41) is 3.14. The zero-order valence-electron chi connectivity index (χ0n) is 19.3. The third-order valence-electron chi connectivity index (χ3n) is 6.04. The summed E-state index contributed by atoms with van der Waals surface area (Å²) in [6.07, 6.45) is 0.731. The number of rotatable bonds is 7. The number of nitrogen functional groups attached to an aromatic ring is 1. The van der Waals surface area contributed by atoms with Crippen LogP contribution in [-0.4, -0.2) is 67.6 Å². The summed E-state index contributed by atoms with van der Waals surface area (Å²) in [6, 6.07) is 12.7. The van der Waals surface area contributed by atoms with Crippen LogP contribution in [-0.2, 0) is 27.7 Å². The van der Waals surface area contributed by atoms with Crippen molar-refractivity contribution in [2.45, 2.75) is 17.9 Å². The molecule has 0 spiro atoms. The largest absolute Gasteiger partial charge is 0.495 e. The lowest BCUT2D eigenvalue weighted by Crippen LogP contribution is -2.40. The highest BCUT2D eigenvalue weighted by atomic mass is 32.2. The van der Waals surface area contributed by atoms with Crippen molar-refractivity contribution in [2.24, 2.45) is 0 Å². The van der Waals surface area contributed by atoms with E-state index < -0.39 is 10.0 Å². The van der Waals surface area contributed by atoms with E-state index in [9.17, 15) is 8.42 Å². The summed E-state index contributed by atoms with van der Waals surface area (Å²) in [5.41, 5.74) is 8.62. The van der Waals surface area contributed by atoms with Gasteiger partial charge < -0.3 is 25.4 Å². The Labute approximate surface area is 204 Å². The summed E-state index contributed by atoms with van der Waals surface area (Å²) < 4.78 is 38.2. The average Bonchev–Trinajstić information content (AvgIpc) is 3.26. The highest BCUT2D eigenvalue weighted by Crippen LogP contribution is 2.32. The Morgan fingerprint density at radius 2 is 1.89 bits per heavy atom. The van der Waals surface area contributed by atoms with Gasteiger partial charge in [-0.1, -0.05) is 12.1 Å². The third kappa shape index (κ3) is 4.85. The smallest absolute Gasteiger partial charge is 0.243 e. The average molecular weight is 498 g/mol. The minimum Gasteiger partial charge on any atom is -0.495 e. The lowest BCUT2D eigenvalue weighted by molar-refractivity contribution is 0.0730. The van der Waals surface area contributed by atoms with Crippen molar-refractivity contribution in [1.82, 2.24) is 19.3 Å². The predicted octanol–water partition coefficient (Wildman–Crippen LogP) is 1.79. The van der Waals surface area contributed by atoms with Crippen LogP contribution in [0.4, 0.5) is 23.3 Å². The molecule has 0 amide bonds. The standard InChI is InChI=1S/C23H27N7O4S/c1-33-20-5-3-2-4-18(20)25-23-27-21(26-22(24)28-23)15-29-9-8-16-14-17(6-7-19(16)29)35(31,32)30-10-12-34-13-11-30/h2-7,14H,8-13,15H2,1H3,(H3,24,25,26,27,28). The van der Waals surface area contributed by atoms with Gasteiger partial charge in [0.1, 0.15) is 5.75 Å². The first-order valence-electron chi connectivity index (χ1n) is 11.3. The number of fused-ring (bicyclic) bond motifs is 1. The Hall–Kier alpha value is -3.48. The molecule has 0 atom stereocenters. The van der Waals surface area contributed by atoms with E-state index >= 15 is 0 Å². The number of hydrogen-bond donors (Lipinski definition) is 2. The van der Waals surface area contributed by atoms with Crippen molar-refractivity contribution in [1.29, 1.82) is 0 Å². The van der Waals surface area contributed by atoms with Gasteiger partial charge in [0.25, 0.3) is 0 Å². The summed E-state index contributed by atoms with van der Waals surface area (Å²) in [5.74, 6) is 1.60. The molecular formula is C23H27N7O4S. The van der Waals surface area contributed by atoms with Gasteiger partial charge >= 0.3 is 0 Å². The molecule has 35 heavy (non-hydrogen) atoms. The Morgan fingerprint density at radius 1 is 1.09 bits per heavy atom. The first-order chi connectivity index (χ1) is 16.9. The monoisotopic (exact) mass is 497 g/mol. The number of nitrogens with one attached hydrogen (secondary N) is 1. The van der Waals surface area contributed by atoms with Crippen LogP contribution in [0, 0.1) is 0 Å². The number of para-hydroxylation sites is 2. The molecule has 0 radical (unpaired) electrons. The number of sulfonamides is 1. The number of hydrogen-bond acceptors (Lipinski definition) is 10. The molecule has 1 fully saturated rings. The van der Waals surface area contributed by atoms with Crippen molar-refractivity contribution < 1.29 is 17.9 Å². The van der Waals surface area contributed by atoms with Crippen LogP contribution in [0.15, 0.2) is 47.4 Å².